The van der Waals surface area contributed by atoms with E-state index in [9.17, 15) is 0 Å². The molecule has 2 aliphatic rings. The molecule has 0 atom stereocenters. The molecular formula is C24H34O2S. The van der Waals surface area contributed by atoms with Crippen LogP contribution in [0.25, 0.3) is 11.0 Å². The second-order valence-electron chi connectivity index (χ2n) is 8.48. The lowest BCUT2D eigenvalue weighted by molar-refractivity contribution is 0.255. The molecule has 0 N–H and O–H groups in total. The second-order valence-corrected chi connectivity index (χ2v) is 9.77. The smallest absolute Gasteiger partial charge is 0.175 e. The number of hydrogen-bond acceptors (Lipinski definition) is 3. The fourth-order valence-electron chi connectivity index (χ4n) is 5.33. The fourth-order valence-corrected chi connectivity index (χ4v) is 7.02. The van der Waals surface area contributed by atoms with E-state index in [0.29, 0.717) is 0 Å². The van der Waals surface area contributed by atoms with Crippen LogP contribution >= 0.6 is 11.8 Å². The van der Waals surface area contributed by atoms with Crippen molar-refractivity contribution in [3.63, 3.8) is 0 Å². The third kappa shape index (κ3) is 4.50. The zero-order valence-corrected chi connectivity index (χ0v) is 17.6. The molecule has 148 valence electrons. The van der Waals surface area contributed by atoms with Crippen LogP contribution in [0.3, 0.4) is 0 Å². The van der Waals surface area contributed by atoms with Crippen molar-refractivity contribution in [2.75, 3.05) is 12.9 Å². The number of methoxy groups -OCH3 is 1. The first-order chi connectivity index (χ1) is 13.4. The molecule has 0 unspecified atom stereocenters. The van der Waals surface area contributed by atoms with Crippen LogP contribution in [0.5, 0.6) is 5.75 Å². The maximum Gasteiger partial charge on any atom is 0.175 e. The minimum Gasteiger partial charge on any atom is -0.493 e. The third-order valence-electron chi connectivity index (χ3n) is 6.77. The predicted octanol–water partition coefficient (Wildman–Crippen LogP) is 7.25. The van der Waals surface area contributed by atoms with E-state index in [0.717, 1.165) is 34.8 Å². The van der Waals surface area contributed by atoms with Gasteiger partial charge in [0.2, 0.25) is 0 Å². The Morgan fingerprint density at radius 1 is 1.00 bits per heavy atom. The Kier molecular flexibility index (Phi) is 6.70. The molecule has 2 fully saturated rings. The minimum absolute atomic E-state index is 0.841. The summed E-state index contributed by atoms with van der Waals surface area (Å²) in [6, 6.07) is 6.22. The van der Waals surface area contributed by atoms with Crippen molar-refractivity contribution in [2.24, 2.45) is 11.8 Å². The Morgan fingerprint density at radius 2 is 1.67 bits per heavy atom. The van der Waals surface area contributed by atoms with Gasteiger partial charge < -0.3 is 9.15 Å². The van der Waals surface area contributed by atoms with Crippen molar-refractivity contribution in [3.8, 4) is 5.75 Å². The van der Waals surface area contributed by atoms with Gasteiger partial charge in [0.05, 0.1) is 13.4 Å². The van der Waals surface area contributed by atoms with E-state index >= 15 is 0 Å². The molecule has 4 rings (SSSR count). The van der Waals surface area contributed by atoms with Gasteiger partial charge in [-0.3, -0.25) is 0 Å². The monoisotopic (exact) mass is 386 g/mol. The number of benzene rings is 1. The van der Waals surface area contributed by atoms with Crippen molar-refractivity contribution in [2.45, 2.75) is 75.9 Å². The van der Waals surface area contributed by atoms with E-state index < -0.39 is 0 Å². The highest BCUT2D eigenvalue weighted by atomic mass is 32.2. The first-order valence-electron chi connectivity index (χ1n) is 11.0. The summed E-state index contributed by atoms with van der Waals surface area (Å²) in [6.07, 6.45) is 17.7. The summed E-state index contributed by atoms with van der Waals surface area (Å²) in [5.41, 5.74) is 2.23. The van der Waals surface area contributed by atoms with E-state index in [1.165, 1.54) is 80.9 Å². The molecule has 1 aromatic carbocycles. The summed E-state index contributed by atoms with van der Waals surface area (Å²) >= 11 is 2.28. The highest BCUT2D eigenvalue weighted by Crippen LogP contribution is 2.42. The molecule has 0 aliphatic heterocycles. The Labute approximate surface area is 168 Å². The highest BCUT2D eigenvalue weighted by molar-refractivity contribution is 7.99. The summed E-state index contributed by atoms with van der Waals surface area (Å²) in [4.78, 5) is 0. The van der Waals surface area contributed by atoms with Gasteiger partial charge in [0.15, 0.2) is 11.3 Å². The van der Waals surface area contributed by atoms with Crippen LogP contribution in [-0.2, 0) is 6.42 Å². The number of hydrogen-bond donors (Lipinski definition) is 0. The zero-order chi connectivity index (χ0) is 18.5. The summed E-state index contributed by atoms with van der Waals surface area (Å²) in [5, 5.41) is 2.11. The summed E-state index contributed by atoms with van der Waals surface area (Å²) in [5.74, 6) is 3.98. The quantitative estimate of drug-likeness (QED) is 0.500. The number of para-hydroxylation sites is 1. The first-order valence-corrected chi connectivity index (χ1v) is 12.1. The second kappa shape index (κ2) is 9.41. The number of thioether (sulfide) groups is 1. The van der Waals surface area contributed by atoms with E-state index in [4.69, 9.17) is 9.15 Å². The van der Waals surface area contributed by atoms with Gasteiger partial charge in [-0.25, -0.2) is 0 Å². The van der Waals surface area contributed by atoms with Crippen LogP contribution in [0.2, 0.25) is 0 Å². The summed E-state index contributed by atoms with van der Waals surface area (Å²) < 4.78 is 11.3. The molecule has 2 nitrogen and oxygen atoms in total. The topological polar surface area (TPSA) is 22.4 Å². The average Bonchev–Trinajstić information content (AvgIpc) is 3.16. The molecule has 2 aliphatic carbocycles. The predicted molar refractivity (Wildman–Crippen MR) is 116 cm³/mol. The molecule has 3 heteroatoms. The molecule has 1 heterocycles. The van der Waals surface area contributed by atoms with Crippen LogP contribution in [0.1, 0.15) is 69.8 Å². The van der Waals surface area contributed by atoms with Crippen LogP contribution in [0, 0.1) is 11.8 Å². The Hall–Kier alpha value is -1.09. The van der Waals surface area contributed by atoms with Gasteiger partial charge in [0.1, 0.15) is 0 Å². The van der Waals surface area contributed by atoms with Gasteiger partial charge in [0, 0.05) is 10.6 Å². The van der Waals surface area contributed by atoms with E-state index in [-0.39, 0.29) is 0 Å². The summed E-state index contributed by atoms with van der Waals surface area (Å²) in [7, 11) is 1.71. The van der Waals surface area contributed by atoms with Gasteiger partial charge in [-0.2, -0.15) is 11.8 Å². The van der Waals surface area contributed by atoms with Crippen LogP contribution in [-0.4, -0.2) is 18.1 Å². The van der Waals surface area contributed by atoms with Gasteiger partial charge >= 0.3 is 0 Å². The molecule has 0 radical (unpaired) electrons. The molecule has 0 spiro atoms. The lowest BCUT2D eigenvalue weighted by atomic mass is 9.77. The van der Waals surface area contributed by atoms with Gasteiger partial charge in [0.25, 0.3) is 0 Å². The Morgan fingerprint density at radius 3 is 2.30 bits per heavy atom. The van der Waals surface area contributed by atoms with Gasteiger partial charge in [-0.05, 0) is 61.3 Å². The van der Waals surface area contributed by atoms with Crippen LogP contribution in [0.15, 0.2) is 28.9 Å². The highest BCUT2D eigenvalue weighted by Gasteiger charge is 2.31. The Bertz CT molecular complexity index is 692. The van der Waals surface area contributed by atoms with Crippen molar-refractivity contribution in [1.82, 2.24) is 0 Å². The van der Waals surface area contributed by atoms with Gasteiger partial charge in [-0.1, -0.05) is 50.7 Å². The first kappa shape index (κ1) is 19.2. The zero-order valence-electron chi connectivity index (χ0n) is 16.8. The largest absolute Gasteiger partial charge is 0.493 e. The van der Waals surface area contributed by atoms with Crippen LogP contribution < -0.4 is 4.74 Å². The molecule has 1 aromatic heterocycles. The third-order valence-corrected chi connectivity index (χ3v) is 8.37. The number of rotatable bonds is 7. The lowest BCUT2D eigenvalue weighted by Crippen LogP contribution is -2.30. The number of ether oxygens (including phenoxy) is 1. The number of furan rings is 1. The van der Waals surface area contributed by atoms with Crippen molar-refractivity contribution in [3.05, 3.63) is 30.0 Å². The Balaban J connectivity index is 1.41. The van der Waals surface area contributed by atoms with E-state index in [1.54, 1.807) is 7.11 Å². The molecule has 0 amide bonds. The van der Waals surface area contributed by atoms with E-state index in [1.807, 2.05) is 12.3 Å². The molecule has 0 saturated heterocycles. The summed E-state index contributed by atoms with van der Waals surface area (Å²) in [6.45, 7) is 0. The van der Waals surface area contributed by atoms with Gasteiger partial charge in [-0.15, -0.1) is 0 Å². The molecule has 2 saturated carbocycles. The van der Waals surface area contributed by atoms with Crippen LogP contribution in [0.4, 0.5) is 0 Å². The SMILES string of the molecule is COc1cccc2c(CCSC(C3CCCCC3)C3CCCCC3)coc12. The maximum atomic E-state index is 5.83. The average molecular weight is 387 g/mol. The minimum atomic E-state index is 0.841. The van der Waals surface area contributed by atoms with E-state index in [2.05, 4.69) is 23.9 Å². The number of fused-ring (bicyclic) bond motifs is 1. The lowest BCUT2D eigenvalue weighted by Gasteiger charge is -2.37. The van der Waals surface area contributed by atoms with Crippen molar-refractivity contribution in [1.29, 1.82) is 0 Å². The molecular weight excluding hydrogens is 352 g/mol. The standard InChI is InChI=1S/C24H34O2S/c1-25-22-14-8-13-21-20(17-26-23(21)22)15-16-27-24(18-9-4-2-5-10-18)19-11-6-3-7-12-19/h8,13-14,17-19,24H,2-7,9-12,15-16H2,1H3. The molecule has 27 heavy (non-hydrogen) atoms. The van der Waals surface area contributed by atoms with Crippen molar-refractivity contribution >= 4 is 22.7 Å². The normalized spacial score (nSPS) is 19.8. The maximum absolute atomic E-state index is 5.83. The molecule has 2 aromatic rings. The molecule has 0 bridgehead atoms. The van der Waals surface area contributed by atoms with Crippen molar-refractivity contribution < 1.29 is 9.15 Å². The fraction of sp³-hybridized carbons (Fsp3) is 0.667. The number of aryl methyl sites for hydroxylation is 1.